The highest BCUT2D eigenvalue weighted by molar-refractivity contribution is 9.10. The van der Waals surface area contributed by atoms with Crippen LogP contribution >= 0.6 is 47.8 Å². The van der Waals surface area contributed by atoms with Crippen LogP contribution in [0.2, 0.25) is 0 Å². The molecule has 0 aliphatic rings. The molecule has 0 saturated heterocycles. The van der Waals surface area contributed by atoms with Crippen LogP contribution in [0.25, 0.3) is 22.3 Å². The van der Waals surface area contributed by atoms with E-state index < -0.39 is 0 Å². The van der Waals surface area contributed by atoms with E-state index in [1.165, 1.54) is 0 Å². The molecule has 0 N–H and O–H groups in total. The molecule has 3 rings (SSSR count). The molecule has 6 heteroatoms. The van der Waals surface area contributed by atoms with Crippen LogP contribution in [0.5, 0.6) is 5.75 Å². The van der Waals surface area contributed by atoms with Crippen molar-refractivity contribution in [3.05, 3.63) is 61.1 Å². The van der Waals surface area contributed by atoms with Crippen molar-refractivity contribution in [2.45, 2.75) is 5.33 Å². The first-order valence-electron chi connectivity index (χ1n) is 6.70. The largest absolute Gasteiger partial charge is 0.496 e. The average molecular weight is 503 g/mol. The maximum Gasteiger partial charge on any atom is 0.197 e. The summed E-state index contributed by atoms with van der Waals surface area (Å²) in [5.41, 5.74) is 1.80. The first-order valence-corrected chi connectivity index (χ1v) is 9.41. The fourth-order valence-corrected chi connectivity index (χ4v) is 3.61. The summed E-state index contributed by atoms with van der Waals surface area (Å²) < 4.78 is 13.2. The van der Waals surface area contributed by atoms with Crippen LogP contribution in [-0.2, 0) is 5.33 Å². The molecule has 0 amide bonds. The van der Waals surface area contributed by atoms with E-state index in [-0.39, 0.29) is 5.43 Å². The smallest absolute Gasteiger partial charge is 0.197 e. The summed E-state index contributed by atoms with van der Waals surface area (Å²) in [6.07, 6.45) is 0. The SMILES string of the molecule is COc1cc(Br)ccc1-c1oc2ccc(Br)cc2c(=O)c1CBr. The van der Waals surface area contributed by atoms with Gasteiger partial charge in [0.15, 0.2) is 5.43 Å². The average Bonchev–Trinajstić information content (AvgIpc) is 2.55. The molecule has 3 aromatic rings. The second-order valence-corrected chi connectivity index (χ2v) is 7.25. The summed E-state index contributed by atoms with van der Waals surface area (Å²) in [4.78, 5) is 12.8. The van der Waals surface area contributed by atoms with Crippen LogP contribution in [0.4, 0.5) is 0 Å². The Bertz CT molecular complexity index is 948. The molecule has 0 saturated carbocycles. The lowest BCUT2D eigenvalue weighted by atomic mass is 10.0. The Kier molecular flexibility index (Phi) is 4.94. The zero-order chi connectivity index (χ0) is 16.6. The maximum atomic E-state index is 12.8. The molecule has 2 aromatic carbocycles. The highest BCUT2D eigenvalue weighted by atomic mass is 79.9. The summed E-state index contributed by atoms with van der Waals surface area (Å²) in [5, 5.41) is 0.945. The zero-order valence-corrected chi connectivity index (χ0v) is 16.8. The quantitative estimate of drug-likeness (QED) is 0.419. The molecule has 1 aromatic heterocycles. The number of hydrogen-bond acceptors (Lipinski definition) is 3. The van der Waals surface area contributed by atoms with Gasteiger partial charge in [-0.15, -0.1) is 0 Å². The van der Waals surface area contributed by atoms with Crippen molar-refractivity contribution in [2.24, 2.45) is 0 Å². The summed E-state index contributed by atoms with van der Waals surface area (Å²) in [7, 11) is 1.59. The number of halogens is 3. The summed E-state index contributed by atoms with van der Waals surface area (Å²) in [6.45, 7) is 0. The topological polar surface area (TPSA) is 39.4 Å². The van der Waals surface area contributed by atoms with Crippen LogP contribution in [0, 0.1) is 0 Å². The van der Waals surface area contributed by atoms with E-state index in [1.54, 1.807) is 19.2 Å². The molecule has 0 radical (unpaired) electrons. The van der Waals surface area contributed by atoms with Crippen molar-refractivity contribution in [3.8, 4) is 17.1 Å². The van der Waals surface area contributed by atoms with E-state index in [4.69, 9.17) is 9.15 Å². The zero-order valence-electron chi connectivity index (χ0n) is 12.0. The van der Waals surface area contributed by atoms with Crippen molar-refractivity contribution < 1.29 is 9.15 Å². The number of alkyl halides is 1. The van der Waals surface area contributed by atoms with Crippen molar-refractivity contribution in [1.29, 1.82) is 0 Å². The molecule has 0 bridgehead atoms. The molecular weight excluding hydrogens is 492 g/mol. The van der Waals surface area contributed by atoms with Crippen LogP contribution in [0.3, 0.4) is 0 Å². The van der Waals surface area contributed by atoms with Gasteiger partial charge in [0.1, 0.15) is 17.1 Å². The number of rotatable bonds is 3. The molecule has 0 unspecified atom stereocenters. The Morgan fingerprint density at radius 2 is 1.78 bits per heavy atom. The maximum absolute atomic E-state index is 12.8. The predicted molar refractivity (Wildman–Crippen MR) is 103 cm³/mol. The fourth-order valence-electron chi connectivity index (χ4n) is 2.40. The molecule has 0 aliphatic carbocycles. The van der Waals surface area contributed by atoms with Gasteiger partial charge in [0.05, 0.1) is 23.6 Å². The fraction of sp³-hybridized carbons (Fsp3) is 0.118. The minimum atomic E-state index is -0.0515. The lowest BCUT2D eigenvalue weighted by molar-refractivity contribution is 0.414. The van der Waals surface area contributed by atoms with Gasteiger partial charge >= 0.3 is 0 Å². The lowest BCUT2D eigenvalue weighted by Crippen LogP contribution is -2.10. The van der Waals surface area contributed by atoms with Crippen LogP contribution in [0.1, 0.15) is 5.56 Å². The number of hydrogen-bond donors (Lipinski definition) is 0. The van der Waals surface area contributed by atoms with Gasteiger partial charge in [-0.1, -0.05) is 47.8 Å². The minimum Gasteiger partial charge on any atom is -0.496 e. The van der Waals surface area contributed by atoms with E-state index in [0.29, 0.717) is 33.4 Å². The Morgan fingerprint density at radius 3 is 2.48 bits per heavy atom. The van der Waals surface area contributed by atoms with E-state index in [2.05, 4.69) is 47.8 Å². The van der Waals surface area contributed by atoms with Crippen LogP contribution in [0.15, 0.2) is 54.6 Å². The van der Waals surface area contributed by atoms with Gasteiger partial charge in [-0.25, -0.2) is 0 Å². The van der Waals surface area contributed by atoms with E-state index in [1.807, 2.05) is 24.3 Å². The normalized spacial score (nSPS) is 11.0. The molecule has 1 heterocycles. The number of benzene rings is 2. The van der Waals surface area contributed by atoms with Crippen molar-refractivity contribution >= 4 is 58.8 Å². The Balaban J connectivity index is 2.38. The number of ether oxygens (including phenoxy) is 1. The predicted octanol–water partition coefficient (Wildman–Crippen LogP) is 5.89. The molecule has 118 valence electrons. The summed E-state index contributed by atoms with van der Waals surface area (Å²) >= 11 is 10.2. The Morgan fingerprint density at radius 1 is 1.09 bits per heavy atom. The Labute approximate surface area is 158 Å². The van der Waals surface area contributed by atoms with Gasteiger partial charge < -0.3 is 9.15 Å². The third-order valence-electron chi connectivity index (χ3n) is 3.49. The van der Waals surface area contributed by atoms with Gasteiger partial charge in [0.25, 0.3) is 0 Å². The standard InChI is InChI=1S/C17H11Br3O3/c1-22-15-7-10(20)2-4-11(15)17-13(8-18)16(21)12-6-9(19)3-5-14(12)23-17/h2-7H,8H2,1H3. The van der Waals surface area contributed by atoms with Gasteiger partial charge in [-0.2, -0.15) is 0 Å². The summed E-state index contributed by atoms with van der Waals surface area (Å²) in [6, 6.07) is 11.0. The molecule has 23 heavy (non-hydrogen) atoms. The highest BCUT2D eigenvalue weighted by Crippen LogP contribution is 2.36. The monoisotopic (exact) mass is 500 g/mol. The molecule has 3 nitrogen and oxygen atoms in total. The van der Waals surface area contributed by atoms with Crippen molar-refractivity contribution in [1.82, 2.24) is 0 Å². The first-order chi connectivity index (χ1) is 11.0. The van der Waals surface area contributed by atoms with Gasteiger partial charge in [0, 0.05) is 14.3 Å². The van der Waals surface area contributed by atoms with Crippen molar-refractivity contribution in [2.75, 3.05) is 7.11 Å². The third-order valence-corrected chi connectivity index (χ3v) is 5.04. The minimum absolute atomic E-state index is 0.0515. The second kappa shape index (κ2) is 6.79. The van der Waals surface area contributed by atoms with Gasteiger partial charge in [-0.05, 0) is 36.4 Å². The Hall–Kier alpha value is -1.11. The van der Waals surface area contributed by atoms with E-state index in [9.17, 15) is 4.79 Å². The summed E-state index contributed by atoms with van der Waals surface area (Å²) in [5.74, 6) is 1.16. The molecule has 0 spiro atoms. The molecular formula is C17H11Br3O3. The molecule has 0 atom stereocenters. The van der Waals surface area contributed by atoms with Gasteiger partial charge in [0.2, 0.25) is 0 Å². The van der Waals surface area contributed by atoms with Crippen molar-refractivity contribution in [3.63, 3.8) is 0 Å². The lowest BCUT2D eigenvalue weighted by Gasteiger charge is -2.12. The number of fused-ring (bicyclic) bond motifs is 1. The third kappa shape index (κ3) is 3.12. The molecule has 0 aliphatic heterocycles. The van der Waals surface area contributed by atoms with E-state index in [0.717, 1.165) is 14.5 Å². The first kappa shape index (κ1) is 16.7. The van der Waals surface area contributed by atoms with Crippen LogP contribution in [-0.4, -0.2) is 7.11 Å². The highest BCUT2D eigenvalue weighted by Gasteiger charge is 2.18. The number of methoxy groups -OCH3 is 1. The molecule has 0 fully saturated rings. The second-order valence-electron chi connectivity index (χ2n) is 4.86. The van der Waals surface area contributed by atoms with Gasteiger partial charge in [-0.3, -0.25) is 4.79 Å². The van der Waals surface area contributed by atoms with Crippen LogP contribution < -0.4 is 10.2 Å². The van der Waals surface area contributed by atoms with E-state index >= 15 is 0 Å².